The Morgan fingerprint density at radius 3 is 2.34 bits per heavy atom. The van der Waals surface area contributed by atoms with Crippen LogP contribution in [0.2, 0.25) is 0 Å². The summed E-state index contributed by atoms with van der Waals surface area (Å²) in [7, 11) is 0. The lowest BCUT2D eigenvalue weighted by atomic mass is 10.0. The first kappa shape index (κ1) is 23.0. The van der Waals surface area contributed by atoms with Gasteiger partial charge in [-0.2, -0.15) is 0 Å². The Morgan fingerprint density at radius 2 is 1.66 bits per heavy atom. The van der Waals surface area contributed by atoms with Crippen LogP contribution in [0.15, 0.2) is 79.0 Å². The number of ether oxygens (including phenoxy) is 1. The van der Waals surface area contributed by atoms with Crippen LogP contribution in [-0.4, -0.2) is 41.2 Å². The number of carboxylic acids is 1. The Hall–Kier alpha value is -3.71. The van der Waals surface area contributed by atoms with Crippen LogP contribution in [0.4, 0.5) is 5.82 Å². The van der Waals surface area contributed by atoms with Crippen LogP contribution in [0.5, 0.6) is 0 Å². The van der Waals surface area contributed by atoms with Crippen LogP contribution in [0.1, 0.15) is 27.9 Å². The van der Waals surface area contributed by atoms with Gasteiger partial charge in [-0.05, 0) is 41.8 Å². The summed E-state index contributed by atoms with van der Waals surface area (Å²) in [6.07, 6.45) is 2.81. The number of aromatic nitrogens is 1. The number of pyridine rings is 1. The van der Waals surface area contributed by atoms with Crippen LogP contribution in [-0.2, 0) is 22.6 Å². The van der Waals surface area contributed by atoms with Gasteiger partial charge in [0.1, 0.15) is 11.9 Å². The van der Waals surface area contributed by atoms with Gasteiger partial charge in [0.2, 0.25) is 0 Å². The molecule has 0 fully saturated rings. The highest BCUT2D eigenvalue weighted by Crippen LogP contribution is 2.10. The lowest BCUT2D eigenvalue weighted by Gasteiger charge is -2.15. The summed E-state index contributed by atoms with van der Waals surface area (Å²) in [6, 6.07) is 20.9. The molecule has 3 rings (SSSR count). The molecule has 0 aliphatic heterocycles. The Kier molecular flexibility index (Phi) is 8.77. The molecule has 7 nitrogen and oxygen atoms in total. The molecule has 0 radical (unpaired) electrons. The second-order valence-corrected chi connectivity index (χ2v) is 7.30. The van der Waals surface area contributed by atoms with Gasteiger partial charge in [-0.25, -0.2) is 9.78 Å². The van der Waals surface area contributed by atoms with Gasteiger partial charge < -0.3 is 20.5 Å². The summed E-state index contributed by atoms with van der Waals surface area (Å²) in [5.74, 6) is -0.621. The molecule has 0 aliphatic carbocycles. The topological polar surface area (TPSA) is 101 Å². The standard InChI is InChI=1S/C25H27N3O4/c29-24(21-7-2-1-3-8-21)28-22(25(30)31)17-19-10-12-20(13-11-19)18-32-16-6-15-27-23-9-4-5-14-26-23/h1-5,7-14,22H,6,15-18H2,(H,26,27)(H,28,29)(H,30,31). The average Bonchev–Trinajstić information content (AvgIpc) is 2.83. The molecule has 3 aromatic rings. The minimum absolute atomic E-state index is 0.203. The number of carbonyl (C=O) groups excluding carboxylic acids is 1. The predicted molar refractivity (Wildman–Crippen MR) is 122 cm³/mol. The van der Waals surface area contributed by atoms with E-state index in [0.717, 1.165) is 29.9 Å². The Morgan fingerprint density at radius 1 is 0.938 bits per heavy atom. The fraction of sp³-hybridized carbons (Fsp3) is 0.240. The van der Waals surface area contributed by atoms with Crippen molar-refractivity contribution in [2.75, 3.05) is 18.5 Å². The van der Waals surface area contributed by atoms with E-state index < -0.39 is 17.9 Å². The summed E-state index contributed by atoms with van der Waals surface area (Å²) in [5, 5.41) is 15.3. The molecule has 1 amide bonds. The molecule has 166 valence electrons. The largest absolute Gasteiger partial charge is 0.480 e. The molecule has 0 saturated heterocycles. The van der Waals surface area contributed by atoms with E-state index in [1.54, 1.807) is 36.5 Å². The van der Waals surface area contributed by atoms with Crippen LogP contribution in [0.3, 0.4) is 0 Å². The van der Waals surface area contributed by atoms with E-state index in [2.05, 4.69) is 15.6 Å². The third kappa shape index (κ3) is 7.52. The van der Waals surface area contributed by atoms with Crippen molar-refractivity contribution in [1.82, 2.24) is 10.3 Å². The van der Waals surface area contributed by atoms with Crippen molar-refractivity contribution in [1.29, 1.82) is 0 Å². The molecule has 0 spiro atoms. The van der Waals surface area contributed by atoms with E-state index >= 15 is 0 Å². The van der Waals surface area contributed by atoms with E-state index in [1.807, 2.05) is 42.5 Å². The quantitative estimate of drug-likeness (QED) is 0.378. The van der Waals surface area contributed by atoms with Crippen molar-refractivity contribution < 1.29 is 19.4 Å². The van der Waals surface area contributed by atoms with Crippen molar-refractivity contribution in [3.05, 3.63) is 95.7 Å². The van der Waals surface area contributed by atoms with E-state index in [-0.39, 0.29) is 6.42 Å². The summed E-state index contributed by atoms with van der Waals surface area (Å²) in [5.41, 5.74) is 2.27. The zero-order valence-corrected chi connectivity index (χ0v) is 17.7. The maximum atomic E-state index is 12.3. The fourth-order valence-corrected chi connectivity index (χ4v) is 3.09. The number of rotatable bonds is 12. The molecule has 1 atom stereocenters. The lowest BCUT2D eigenvalue weighted by Crippen LogP contribution is -2.42. The third-order valence-corrected chi connectivity index (χ3v) is 4.81. The normalized spacial score (nSPS) is 11.5. The molecular formula is C25H27N3O4. The SMILES string of the molecule is O=C(NC(Cc1ccc(COCCCNc2ccccn2)cc1)C(=O)O)c1ccccc1. The van der Waals surface area contributed by atoms with E-state index in [9.17, 15) is 14.7 Å². The van der Waals surface area contributed by atoms with Gasteiger partial charge in [0, 0.05) is 31.3 Å². The van der Waals surface area contributed by atoms with Crippen LogP contribution in [0.25, 0.3) is 0 Å². The highest BCUT2D eigenvalue weighted by atomic mass is 16.5. The molecule has 3 N–H and O–H groups in total. The Balaban J connectivity index is 1.40. The number of carbonyl (C=O) groups is 2. The number of aliphatic carboxylic acids is 1. The van der Waals surface area contributed by atoms with Gasteiger partial charge in [0.05, 0.1) is 6.61 Å². The number of anilines is 1. The van der Waals surface area contributed by atoms with Crippen LogP contribution >= 0.6 is 0 Å². The monoisotopic (exact) mass is 433 g/mol. The van der Waals surface area contributed by atoms with Crippen molar-refractivity contribution in [3.8, 4) is 0 Å². The lowest BCUT2D eigenvalue weighted by molar-refractivity contribution is -0.139. The summed E-state index contributed by atoms with van der Waals surface area (Å²) < 4.78 is 5.71. The molecule has 0 aliphatic rings. The smallest absolute Gasteiger partial charge is 0.326 e. The molecule has 1 aromatic heterocycles. The number of amides is 1. The van der Waals surface area contributed by atoms with Gasteiger partial charge in [0.25, 0.3) is 5.91 Å². The summed E-state index contributed by atoms with van der Waals surface area (Å²) in [6.45, 7) is 1.88. The third-order valence-electron chi connectivity index (χ3n) is 4.81. The Labute approximate surface area is 187 Å². The van der Waals surface area contributed by atoms with Crippen LogP contribution < -0.4 is 10.6 Å². The first-order valence-corrected chi connectivity index (χ1v) is 10.5. The first-order valence-electron chi connectivity index (χ1n) is 10.5. The van der Waals surface area contributed by atoms with Gasteiger partial charge in [-0.15, -0.1) is 0 Å². The zero-order valence-electron chi connectivity index (χ0n) is 17.7. The molecule has 0 bridgehead atoms. The molecule has 0 saturated carbocycles. The summed E-state index contributed by atoms with van der Waals surface area (Å²) in [4.78, 5) is 28.1. The second-order valence-electron chi connectivity index (χ2n) is 7.30. The average molecular weight is 434 g/mol. The highest BCUT2D eigenvalue weighted by molar-refractivity contribution is 5.96. The molecule has 7 heteroatoms. The molecule has 32 heavy (non-hydrogen) atoms. The predicted octanol–water partition coefficient (Wildman–Crippen LogP) is 3.53. The van der Waals surface area contributed by atoms with E-state index in [1.165, 1.54) is 0 Å². The van der Waals surface area contributed by atoms with Gasteiger partial charge in [0.15, 0.2) is 0 Å². The number of hydrogen-bond donors (Lipinski definition) is 3. The van der Waals surface area contributed by atoms with Crippen molar-refractivity contribution >= 4 is 17.7 Å². The molecule has 1 heterocycles. The van der Waals surface area contributed by atoms with Gasteiger partial charge >= 0.3 is 5.97 Å². The highest BCUT2D eigenvalue weighted by Gasteiger charge is 2.21. The van der Waals surface area contributed by atoms with E-state index in [4.69, 9.17) is 4.74 Å². The Bertz CT molecular complexity index is 979. The number of benzene rings is 2. The van der Waals surface area contributed by atoms with Gasteiger partial charge in [-0.1, -0.05) is 48.5 Å². The summed E-state index contributed by atoms with van der Waals surface area (Å²) >= 11 is 0. The molecule has 2 aromatic carbocycles. The zero-order chi connectivity index (χ0) is 22.6. The minimum Gasteiger partial charge on any atom is -0.480 e. The van der Waals surface area contributed by atoms with Crippen molar-refractivity contribution in [3.63, 3.8) is 0 Å². The second kappa shape index (κ2) is 12.2. The van der Waals surface area contributed by atoms with Crippen LogP contribution in [0, 0.1) is 0 Å². The van der Waals surface area contributed by atoms with E-state index in [0.29, 0.717) is 18.8 Å². The molecular weight excluding hydrogens is 406 g/mol. The number of nitrogens with one attached hydrogen (secondary N) is 2. The fourth-order valence-electron chi connectivity index (χ4n) is 3.09. The van der Waals surface area contributed by atoms with Crippen molar-refractivity contribution in [2.24, 2.45) is 0 Å². The van der Waals surface area contributed by atoms with Gasteiger partial charge in [-0.3, -0.25) is 4.79 Å². The number of nitrogens with zero attached hydrogens (tertiary/aromatic N) is 1. The number of carboxylic acid groups (broad SMARTS) is 1. The maximum absolute atomic E-state index is 12.3. The van der Waals surface area contributed by atoms with Crippen molar-refractivity contribution in [2.45, 2.75) is 25.5 Å². The minimum atomic E-state index is -1.07. The number of hydrogen-bond acceptors (Lipinski definition) is 5. The molecule has 1 unspecified atom stereocenters. The maximum Gasteiger partial charge on any atom is 0.326 e. The first-order chi connectivity index (χ1) is 15.6.